The van der Waals surface area contributed by atoms with Crippen LogP contribution < -0.4 is 5.73 Å². The van der Waals surface area contributed by atoms with Crippen molar-refractivity contribution in [3.63, 3.8) is 0 Å². The van der Waals surface area contributed by atoms with E-state index in [0.717, 1.165) is 0 Å². The zero-order valence-electron chi connectivity index (χ0n) is 8.35. The van der Waals surface area contributed by atoms with Crippen LogP contribution >= 0.6 is 11.6 Å². The predicted molar refractivity (Wildman–Crippen MR) is 63.5 cm³/mol. The number of hydrogen-bond acceptors (Lipinski definition) is 3. The molecule has 0 unspecified atom stereocenters. The molecule has 0 amide bonds. The molecular formula is C12H9ClN2O. The number of carbonyl (C=O) groups excluding carboxylic acids is 1. The summed E-state index contributed by atoms with van der Waals surface area (Å²) in [5.41, 5.74) is 6.53. The van der Waals surface area contributed by atoms with Gasteiger partial charge in [0.15, 0.2) is 5.78 Å². The number of anilines is 1. The lowest BCUT2D eigenvalue weighted by Crippen LogP contribution is -2.06. The molecule has 4 heteroatoms. The van der Waals surface area contributed by atoms with Gasteiger partial charge in [0.2, 0.25) is 0 Å². The third kappa shape index (κ3) is 2.04. The van der Waals surface area contributed by atoms with Gasteiger partial charge in [0, 0.05) is 16.8 Å². The molecule has 2 aromatic rings. The lowest BCUT2D eigenvalue weighted by Gasteiger charge is -2.03. The Morgan fingerprint density at radius 3 is 2.75 bits per heavy atom. The molecule has 0 radical (unpaired) electrons. The van der Waals surface area contributed by atoms with E-state index in [1.807, 2.05) is 0 Å². The molecule has 0 saturated carbocycles. The van der Waals surface area contributed by atoms with Gasteiger partial charge < -0.3 is 5.73 Å². The van der Waals surface area contributed by atoms with Crippen molar-refractivity contribution in [1.82, 2.24) is 4.98 Å². The zero-order chi connectivity index (χ0) is 11.5. The van der Waals surface area contributed by atoms with Crippen LogP contribution in [0.3, 0.4) is 0 Å². The van der Waals surface area contributed by atoms with E-state index in [9.17, 15) is 4.79 Å². The second-order valence-electron chi connectivity index (χ2n) is 3.28. The molecule has 80 valence electrons. The maximum Gasteiger partial charge on any atom is 0.196 e. The second kappa shape index (κ2) is 4.33. The van der Waals surface area contributed by atoms with Crippen LogP contribution in [0.5, 0.6) is 0 Å². The van der Waals surface area contributed by atoms with Gasteiger partial charge in [-0.3, -0.25) is 4.79 Å². The molecule has 0 bridgehead atoms. The summed E-state index contributed by atoms with van der Waals surface area (Å²) in [5, 5.41) is 0.522. The van der Waals surface area contributed by atoms with E-state index in [4.69, 9.17) is 17.3 Å². The van der Waals surface area contributed by atoms with Crippen LogP contribution in [0.15, 0.2) is 42.6 Å². The molecule has 1 heterocycles. The highest BCUT2D eigenvalue weighted by Gasteiger charge is 2.12. The Morgan fingerprint density at radius 2 is 2.06 bits per heavy atom. The van der Waals surface area contributed by atoms with Gasteiger partial charge in [-0.2, -0.15) is 0 Å². The van der Waals surface area contributed by atoms with E-state index in [0.29, 0.717) is 16.1 Å². The van der Waals surface area contributed by atoms with Crippen LogP contribution in [0, 0.1) is 0 Å². The fraction of sp³-hybridized carbons (Fsp3) is 0. The number of rotatable bonds is 2. The average Bonchev–Trinajstić information content (AvgIpc) is 2.29. The predicted octanol–water partition coefficient (Wildman–Crippen LogP) is 2.55. The SMILES string of the molecule is Nc1ncccc1C(=O)c1cccc(Cl)c1. The van der Waals surface area contributed by atoms with Crippen LogP contribution in [0.25, 0.3) is 0 Å². The lowest BCUT2D eigenvalue weighted by atomic mass is 10.0. The minimum absolute atomic E-state index is 0.173. The fourth-order valence-electron chi connectivity index (χ4n) is 1.39. The summed E-state index contributed by atoms with van der Waals surface area (Å²) in [6, 6.07) is 10.1. The van der Waals surface area contributed by atoms with Gasteiger partial charge in [0.05, 0.1) is 5.56 Å². The van der Waals surface area contributed by atoms with Crippen LogP contribution in [-0.4, -0.2) is 10.8 Å². The molecule has 1 aromatic carbocycles. The number of hydrogen-bond donors (Lipinski definition) is 1. The monoisotopic (exact) mass is 232 g/mol. The van der Waals surface area contributed by atoms with Crippen molar-refractivity contribution in [2.45, 2.75) is 0 Å². The van der Waals surface area contributed by atoms with E-state index in [1.165, 1.54) is 0 Å². The topological polar surface area (TPSA) is 56.0 Å². The van der Waals surface area contributed by atoms with Crippen LogP contribution in [0.2, 0.25) is 5.02 Å². The maximum atomic E-state index is 12.0. The molecule has 0 fully saturated rings. The van der Waals surface area contributed by atoms with Gasteiger partial charge in [-0.1, -0.05) is 23.7 Å². The Bertz CT molecular complexity index is 540. The van der Waals surface area contributed by atoms with Crippen LogP contribution in [-0.2, 0) is 0 Å². The smallest absolute Gasteiger partial charge is 0.196 e. The number of benzene rings is 1. The van der Waals surface area contributed by atoms with Crippen molar-refractivity contribution in [3.8, 4) is 0 Å². The Balaban J connectivity index is 2.44. The molecule has 2 N–H and O–H groups in total. The van der Waals surface area contributed by atoms with Gasteiger partial charge in [0.1, 0.15) is 5.82 Å². The Hall–Kier alpha value is -1.87. The third-order valence-electron chi connectivity index (χ3n) is 2.17. The third-order valence-corrected chi connectivity index (χ3v) is 2.41. The van der Waals surface area contributed by atoms with E-state index in [1.54, 1.807) is 42.6 Å². The summed E-state index contributed by atoms with van der Waals surface area (Å²) in [6.07, 6.45) is 1.55. The first-order chi connectivity index (χ1) is 7.68. The average molecular weight is 233 g/mol. The van der Waals surface area contributed by atoms with Gasteiger partial charge in [-0.15, -0.1) is 0 Å². The van der Waals surface area contributed by atoms with E-state index < -0.39 is 0 Å². The lowest BCUT2D eigenvalue weighted by molar-refractivity contribution is 0.103. The van der Waals surface area contributed by atoms with Crippen LogP contribution in [0.1, 0.15) is 15.9 Å². The Morgan fingerprint density at radius 1 is 1.25 bits per heavy atom. The number of nitrogens with two attached hydrogens (primary N) is 1. The summed E-state index contributed by atoms with van der Waals surface area (Å²) >= 11 is 5.82. The minimum atomic E-state index is -0.173. The van der Waals surface area contributed by atoms with E-state index in [-0.39, 0.29) is 11.6 Å². The molecule has 16 heavy (non-hydrogen) atoms. The van der Waals surface area contributed by atoms with Crippen molar-refractivity contribution in [1.29, 1.82) is 0 Å². The van der Waals surface area contributed by atoms with Crippen LogP contribution in [0.4, 0.5) is 5.82 Å². The number of halogens is 1. The number of pyridine rings is 1. The number of aromatic nitrogens is 1. The van der Waals surface area contributed by atoms with Crippen molar-refractivity contribution in [3.05, 3.63) is 58.7 Å². The van der Waals surface area contributed by atoms with Gasteiger partial charge in [-0.25, -0.2) is 4.98 Å². The van der Waals surface area contributed by atoms with Crippen molar-refractivity contribution in [2.75, 3.05) is 5.73 Å². The number of carbonyl (C=O) groups is 1. The highest BCUT2D eigenvalue weighted by atomic mass is 35.5. The van der Waals surface area contributed by atoms with Gasteiger partial charge >= 0.3 is 0 Å². The number of nitrogen functional groups attached to an aromatic ring is 1. The van der Waals surface area contributed by atoms with Gasteiger partial charge in [-0.05, 0) is 24.3 Å². The first-order valence-electron chi connectivity index (χ1n) is 4.69. The summed E-state index contributed by atoms with van der Waals surface area (Å²) in [4.78, 5) is 15.9. The van der Waals surface area contributed by atoms with Gasteiger partial charge in [0.25, 0.3) is 0 Å². The summed E-state index contributed by atoms with van der Waals surface area (Å²) in [5.74, 6) is 0.0561. The molecule has 0 atom stereocenters. The Labute approximate surface area is 97.9 Å². The molecule has 0 aliphatic heterocycles. The first-order valence-corrected chi connectivity index (χ1v) is 5.07. The largest absolute Gasteiger partial charge is 0.383 e. The minimum Gasteiger partial charge on any atom is -0.383 e. The fourth-order valence-corrected chi connectivity index (χ4v) is 1.59. The van der Waals surface area contributed by atoms with Crippen molar-refractivity contribution in [2.24, 2.45) is 0 Å². The molecule has 0 saturated heterocycles. The molecule has 0 spiro atoms. The maximum absolute atomic E-state index is 12.0. The highest BCUT2D eigenvalue weighted by molar-refractivity contribution is 6.31. The standard InChI is InChI=1S/C12H9ClN2O/c13-9-4-1-3-8(7-9)11(16)10-5-2-6-15-12(10)14/h1-7H,(H2,14,15). The molecule has 1 aromatic heterocycles. The van der Waals surface area contributed by atoms with Crippen molar-refractivity contribution < 1.29 is 4.79 Å². The Kier molecular flexibility index (Phi) is 2.88. The molecule has 2 rings (SSSR count). The zero-order valence-corrected chi connectivity index (χ0v) is 9.11. The number of nitrogens with zero attached hydrogens (tertiary/aromatic N) is 1. The first kappa shape index (κ1) is 10.6. The summed E-state index contributed by atoms with van der Waals surface area (Å²) < 4.78 is 0. The molecule has 3 nitrogen and oxygen atoms in total. The summed E-state index contributed by atoms with van der Waals surface area (Å²) in [6.45, 7) is 0. The van der Waals surface area contributed by atoms with E-state index in [2.05, 4.69) is 4.98 Å². The quantitative estimate of drug-likeness (QED) is 0.810. The molecule has 0 aliphatic carbocycles. The van der Waals surface area contributed by atoms with Crippen molar-refractivity contribution >= 4 is 23.2 Å². The summed E-state index contributed by atoms with van der Waals surface area (Å²) in [7, 11) is 0. The molecular weight excluding hydrogens is 224 g/mol. The normalized spacial score (nSPS) is 10.1. The number of ketones is 1. The highest BCUT2D eigenvalue weighted by Crippen LogP contribution is 2.17. The second-order valence-corrected chi connectivity index (χ2v) is 3.71. The van der Waals surface area contributed by atoms with E-state index >= 15 is 0 Å². The molecule has 0 aliphatic rings.